The zero-order valence-electron chi connectivity index (χ0n) is 24.7. The Morgan fingerprint density at radius 2 is 1.53 bits per heavy atom. The molecular weight excluding hydrogens is 540 g/mol. The van der Waals surface area contributed by atoms with Gasteiger partial charge in [0.15, 0.2) is 0 Å². The highest BCUT2D eigenvalue weighted by Gasteiger charge is 2.65. The van der Waals surface area contributed by atoms with Gasteiger partial charge in [0, 0.05) is 17.4 Å². The summed E-state index contributed by atoms with van der Waals surface area (Å²) in [7, 11) is 0. The van der Waals surface area contributed by atoms with Gasteiger partial charge < -0.3 is 20.8 Å². The molecule has 2 heterocycles. The lowest BCUT2D eigenvalue weighted by Gasteiger charge is -2.56. The van der Waals surface area contributed by atoms with E-state index in [0.29, 0.717) is 17.7 Å². The zero-order valence-corrected chi connectivity index (χ0v) is 24.7. The second kappa shape index (κ2) is 11.9. The fourth-order valence-electron chi connectivity index (χ4n) is 7.78. The Morgan fingerprint density at radius 1 is 0.953 bits per heavy atom. The van der Waals surface area contributed by atoms with E-state index >= 15 is 0 Å². The predicted molar refractivity (Wildman–Crippen MR) is 164 cm³/mol. The number of rotatable bonds is 8. The first-order chi connectivity index (χ1) is 20.6. The van der Waals surface area contributed by atoms with Crippen molar-refractivity contribution in [3.63, 3.8) is 0 Å². The number of hydrogen-bond acceptors (Lipinski definition) is 6. The smallest absolute Gasteiger partial charge is 0.312 e. The quantitative estimate of drug-likeness (QED) is 0.304. The van der Waals surface area contributed by atoms with Gasteiger partial charge in [0.05, 0.1) is 23.2 Å². The van der Waals surface area contributed by atoms with Gasteiger partial charge in [-0.15, -0.1) is 0 Å². The molecule has 3 aromatic rings. The first kappa shape index (κ1) is 30.4. The first-order valence-corrected chi connectivity index (χ1v) is 14.9. The van der Waals surface area contributed by atoms with E-state index in [1.165, 1.54) is 18.1 Å². The first-order valence-electron chi connectivity index (χ1n) is 14.9. The van der Waals surface area contributed by atoms with Crippen LogP contribution < -0.4 is 11.1 Å². The van der Waals surface area contributed by atoms with Crippen molar-refractivity contribution in [2.45, 2.75) is 56.7 Å². The van der Waals surface area contributed by atoms with Crippen molar-refractivity contribution >= 4 is 11.9 Å². The largest absolute Gasteiger partial charge is 0.481 e. The number of carboxylic acids is 2. The van der Waals surface area contributed by atoms with Crippen molar-refractivity contribution in [2.75, 3.05) is 19.6 Å². The summed E-state index contributed by atoms with van der Waals surface area (Å²) < 4.78 is 0. The summed E-state index contributed by atoms with van der Waals surface area (Å²) in [6.07, 6.45) is 0.980. The van der Waals surface area contributed by atoms with Crippen LogP contribution in [0.3, 0.4) is 0 Å². The molecule has 5 unspecified atom stereocenters. The van der Waals surface area contributed by atoms with E-state index in [2.05, 4.69) is 64.8 Å². The molecule has 0 radical (unpaired) electrons. The number of nitriles is 1. The third-order valence-electron chi connectivity index (χ3n) is 10.4. The van der Waals surface area contributed by atoms with Gasteiger partial charge >= 0.3 is 11.9 Å². The Kier molecular flexibility index (Phi) is 8.44. The normalized spacial score (nSPS) is 28.9. The molecule has 2 fully saturated rings. The third kappa shape index (κ3) is 5.12. The molecular formula is C35H40N4O4. The number of nitrogens with two attached hydrogens (primary N) is 1. The maximum Gasteiger partial charge on any atom is 0.312 e. The number of likely N-dealkylation sites (tertiary alicyclic amines) is 1. The summed E-state index contributed by atoms with van der Waals surface area (Å²) in [5.41, 5.74) is 6.56. The standard InChI is InChI=1S/C35H40N4O4/c1-24-35(32(42)43,29(26-11-9-10-25(22-26)23-36)33(2,31(40)41)30(37)38-24)18-21-39-19-16-34(17-20-39,27-12-5-3-6-13-27)28-14-7-4-8-15-28/h3-15,22,24,29-30,38H,16-21,37H2,1-2H3,(H,40,41)(H,42,43). The van der Waals surface area contributed by atoms with Crippen LogP contribution in [-0.2, 0) is 15.0 Å². The Hall–Kier alpha value is -4.03. The van der Waals surface area contributed by atoms with E-state index < -0.39 is 40.9 Å². The molecule has 5 N–H and O–H groups in total. The highest BCUT2D eigenvalue weighted by Crippen LogP contribution is 2.56. The molecule has 2 saturated heterocycles. The van der Waals surface area contributed by atoms with Crippen LogP contribution in [0, 0.1) is 22.2 Å². The summed E-state index contributed by atoms with van der Waals surface area (Å²) >= 11 is 0. The van der Waals surface area contributed by atoms with Crippen LogP contribution >= 0.6 is 0 Å². The van der Waals surface area contributed by atoms with E-state index in [1.54, 1.807) is 31.2 Å². The minimum atomic E-state index is -1.64. The lowest BCUT2D eigenvalue weighted by Crippen LogP contribution is -2.72. The number of carbonyl (C=O) groups is 2. The minimum Gasteiger partial charge on any atom is -0.481 e. The number of carboxylic acid groups (broad SMARTS) is 2. The van der Waals surface area contributed by atoms with Crippen LogP contribution in [0.15, 0.2) is 84.9 Å². The van der Waals surface area contributed by atoms with E-state index in [-0.39, 0.29) is 11.8 Å². The lowest BCUT2D eigenvalue weighted by molar-refractivity contribution is -0.172. The Bertz CT molecular complexity index is 1460. The van der Waals surface area contributed by atoms with Crippen molar-refractivity contribution in [1.29, 1.82) is 5.26 Å². The molecule has 3 aromatic carbocycles. The minimum absolute atomic E-state index is 0.141. The van der Waals surface area contributed by atoms with Crippen molar-refractivity contribution in [3.8, 4) is 6.07 Å². The fraction of sp³-hybridized carbons (Fsp3) is 0.400. The summed E-state index contributed by atoms with van der Waals surface area (Å²) in [6.45, 7) is 5.33. The number of nitrogens with zero attached hydrogens (tertiary/aromatic N) is 2. The number of aliphatic carboxylic acids is 2. The molecule has 5 rings (SSSR count). The number of hydrogen-bond donors (Lipinski definition) is 4. The van der Waals surface area contributed by atoms with Crippen LogP contribution in [0.2, 0.25) is 0 Å². The average Bonchev–Trinajstić information content (AvgIpc) is 3.03. The van der Waals surface area contributed by atoms with Crippen molar-refractivity contribution < 1.29 is 19.8 Å². The summed E-state index contributed by atoms with van der Waals surface area (Å²) in [5, 5.41) is 34.2. The van der Waals surface area contributed by atoms with Gasteiger partial charge in [0.25, 0.3) is 0 Å². The second-order valence-corrected chi connectivity index (χ2v) is 12.4. The molecule has 8 nitrogen and oxygen atoms in total. The predicted octanol–water partition coefficient (Wildman–Crippen LogP) is 4.55. The summed E-state index contributed by atoms with van der Waals surface area (Å²) in [4.78, 5) is 28.6. The molecule has 2 aliphatic heterocycles. The Morgan fingerprint density at radius 3 is 2.05 bits per heavy atom. The monoisotopic (exact) mass is 580 g/mol. The summed E-state index contributed by atoms with van der Waals surface area (Å²) in [5.74, 6) is -3.22. The van der Waals surface area contributed by atoms with Gasteiger partial charge in [-0.05, 0) is 81.6 Å². The molecule has 0 saturated carbocycles. The van der Waals surface area contributed by atoms with Gasteiger partial charge in [0.1, 0.15) is 5.41 Å². The molecule has 5 atom stereocenters. The highest BCUT2D eigenvalue weighted by atomic mass is 16.4. The van der Waals surface area contributed by atoms with Crippen LogP contribution in [0.5, 0.6) is 0 Å². The SMILES string of the molecule is CC1NC(N)C(C)(C(=O)O)C(c2cccc(C#N)c2)C1(CCN1CCC(c2ccccc2)(c2ccccc2)CC1)C(=O)O. The van der Waals surface area contributed by atoms with Gasteiger partial charge in [-0.1, -0.05) is 72.8 Å². The van der Waals surface area contributed by atoms with E-state index in [9.17, 15) is 25.1 Å². The van der Waals surface area contributed by atoms with Crippen molar-refractivity contribution in [1.82, 2.24) is 10.2 Å². The van der Waals surface area contributed by atoms with E-state index in [0.717, 1.165) is 25.9 Å². The number of piperidine rings is 2. The average molecular weight is 581 g/mol. The van der Waals surface area contributed by atoms with Crippen molar-refractivity contribution in [3.05, 3.63) is 107 Å². The highest BCUT2D eigenvalue weighted by molar-refractivity contribution is 5.84. The van der Waals surface area contributed by atoms with Gasteiger partial charge in [-0.25, -0.2) is 0 Å². The fourth-order valence-corrected chi connectivity index (χ4v) is 7.78. The maximum absolute atomic E-state index is 13.4. The van der Waals surface area contributed by atoms with Gasteiger partial charge in [0.2, 0.25) is 0 Å². The molecule has 0 aliphatic carbocycles. The third-order valence-corrected chi connectivity index (χ3v) is 10.4. The number of benzene rings is 3. The molecule has 224 valence electrons. The molecule has 0 spiro atoms. The molecule has 0 bridgehead atoms. The van der Waals surface area contributed by atoms with E-state index in [4.69, 9.17) is 5.73 Å². The van der Waals surface area contributed by atoms with Crippen LogP contribution in [-0.4, -0.2) is 58.9 Å². The number of nitrogens with one attached hydrogen (secondary N) is 1. The molecule has 0 amide bonds. The Labute approximate surface area is 253 Å². The molecule has 2 aliphatic rings. The van der Waals surface area contributed by atoms with Crippen LogP contribution in [0.4, 0.5) is 0 Å². The van der Waals surface area contributed by atoms with Gasteiger partial charge in [-0.3, -0.25) is 14.9 Å². The summed E-state index contributed by atoms with van der Waals surface area (Å²) in [6, 6.07) is 29.3. The topological polar surface area (TPSA) is 140 Å². The van der Waals surface area contributed by atoms with Crippen LogP contribution in [0.25, 0.3) is 0 Å². The zero-order chi connectivity index (χ0) is 30.8. The Balaban J connectivity index is 1.48. The van der Waals surface area contributed by atoms with E-state index in [1.807, 2.05) is 12.1 Å². The second-order valence-electron chi connectivity index (χ2n) is 12.4. The maximum atomic E-state index is 13.4. The van der Waals surface area contributed by atoms with Crippen LogP contribution in [0.1, 0.15) is 61.3 Å². The molecule has 8 heteroatoms. The van der Waals surface area contributed by atoms with Gasteiger partial charge in [-0.2, -0.15) is 5.26 Å². The lowest BCUT2D eigenvalue weighted by atomic mass is 9.52. The van der Waals surface area contributed by atoms with Crippen molar-refractivity contribution in [2.24, 2.45) is 16.6 Å². The molecule has 0 aromatic heterocycles. The molecule has 43 heavy (non-hydrogen) atoms.